The number of aromatic nitrogens is 3. The second-order valence-corrected chi connectivity index (χ2v) is 5.93. The largest absolute Gasteiger partial charge is 0.433 e. The van der Waals surface area contributed by atoms with Gasteiger partial charge in [-0.3, -0.25) is 14.3 Å². The van der Waals surface area contributed by atoms with Crippen molar-refractivity contribution in [2.24, 2.45) is 5.92 Å². The highest BCUT2D eigenvalue weighted by Crippen LogP contribution is 2.30. The highest BCUT2D eigenvalue weighted by molar-refractivity contribution is 5.75. The fourth-order valence-electron chi connectivity index (χ4n) is 2.36. The van der Waals surface area contributed by atoms with Gasteiger partial charge in [0.15, 0.2) is 0 Å². The van der Waals surface area contributed by atoms with E-state index >= 15 is 0 Å². The number of nitrogens with zero attached hydrogens (tertiary/aromatic N) is 3. The van der Waals surface area contributed by atoms with Crippen LogP contribution < -0.4 is 10.9 Å². The Hall–Kier alpha value is -2.58. The number of hydrogen-bond acceptors (Lipinski definition) is 3. The van der Waals surface area contributed by atoms with Crippen molar-refractivity contribution in [3.05, 3.63) is 52.2 Å². The summed E-state index contributed by atoms with van der Waals surface area (Å²) >= 11 is 0. The van der Waals surface area contributed by atoms with E-state index < -0.39 is 11.9 Å². The third-order valence-electron chi connectivity index (χ3n) is 3.54. The number of carbonyl (C=O) groups is 1. The van der Waals surface area contributed by atoms with Gasteiger partial charge in [0.05, 0.1) is 5.69 Å². The lowest BCUT2D eigenvalue weighted by atomic mass is 10.2. The molecule has 0 saturated heterocycles. The Labute approximate surface area is 142 Å². The lowest BCUT2D eigenvalue weighted by Crippen LogP contribution is -2.35. The lowest BCUT2D eigenvalue weighted by molar-refractivity contribution is -0.144. The van der Waals surface area contributed by atoms with Gasteiger partial charge in [-0.05, 0) is 25.0 Å². The van der Waals surface area contributed by atoms with Crippen molar-refractivity contribution in [1.29, 1.82) is 0 Å². The van der Waals surface area contributed by atoms with Crippen LogP contribution in [0.3, 0.4) is 0 Å². The topological polar surface area (TPSA) is 68.9 Å². The van der Waals surface area contributed by atoms with E-state index in [4.69, 9.17) is 0 Å². The van der Waals surface area contributed by atoms with Crippen LogP contribution in [0.25, 0.3) is 0 Å². The van der Waals surface area contributed by atoms with Crippen LogP contribution in [0.4, 0.5) is 13.2 Å². The van der Waals surface area contributed by atoms with E-state index in [1.165, 1.54) is 23.8 Å². The molecule has 2 heterocycles. The number of amides is 1. The minimum absolute atomic E-state index is 0.0221. The van der Waals surface area contributed by atoms with Gasteiger partial charge in [-0.25, -0.2) is 0 Å². The van der Waals surface area contributed by atoms with Crippen molar-refractivity contribution < 1.29 is 18.0 Å². The average Bonchev–Trinajstić information content (AvgIpc) is 2.88. The summed E-state index contributed by atoms with van der Waals surface area (Å²) in [4.78, 5) is 23.4. The molecule has 25 heavy (non-hydrogen) atoms. The maximum atomic E-state index is 12.9. The van der Waals surface area contributed by atoms with Crippen LogP contribution in [0.15, 0.2) is 35.3 Å². The first-order valence-corrected chi connectivity index (χ1v) is 7.70. The van der Waals surface area contributed by atoms with Gasteiger partial charge in [0.2, 0.25) is 5.91 Å². The van der Waals surface area contributed by atoms with Crippen LogP contribution in [0, 0.1) is 12.8 Å². The molecule has 0 radical (unpaired) electrons. The van der Waals surface area contributed by atoms with E-state index in [2.05, 4.69) is 10.4 Å². The predicted octanol–water partition coefficient (Wildman–Crippen LogP) is 1.82. The molecule has 0 spiro atoms. The van der Waals surface area contributed by atoms with Crippen LogP contribution in [-0.2, 0) is 24.1 Å². The van der Waals surface area contributed by atoms with E-state index in [0.29, 0.717) is 0 Å². The summed E-state index contributed by atoms with van der Waals surface area (Å²) in [5, 5.41) is 6.48. The fraction of sp³-hybridized carbons (Fsp3) is 0.438. The summed E-state index contributed by atoms with van der Waals surface area (Å²) in [6.45, 7) is 3.27. The summed E-state index contributed by atoms with van der Waals surface area (Å²) in [5.74, 6) is -0.648. The number of halogens is 3. The average molecular weight is 356 g/mol. The number of hydrogen-bond donors (Lipinski definition) is 1. The molecule has 2 rings (SSSR count). The molecule has 0 aromatic carbocycles. The zero-order valence-electron chi connectivity index (χ0n) is 13.9. The van der Waals surface area contributed by atoms with Crippen molar-refractivity contribution in [2.45, 2.75) is 33.1 Å². The summed E-state index contributed by atoms with van der Waals surface area (Å²) in [5.41, 5.74) is -0.821. The minimum Gasteiger partial charge on any atom is -0.354 e. The first kappa shape index (κ1) is 18.8. The summed E-state index contributed by atoms with van der Waals surface area (Å²) < 4.78 is 41.0. The first-order valence-electron chi connectivity index (χ1n) is 7.70. The number of nitrogens with one attached hydrogen (secondary N) is 1. The molecule has 0 aliphatic carbocycles. The van der Waals surface area contributed by atoms with Gasteiger partial charge < -0.3 is 9.88 Å². The smallest absolute Gasteiger partial charge is 0.354 e. The van der Waals surface area contributed by atoms with Gasteiger partial charge in [0.25, 0.3) is 5.56 Å². The highest BCUT2D eigenvalue weighted by atomic mass is 19.4. The monoisotopic (exact) mass is 356 g/mol. The number of rotatable bonds is 6. The van der Waals surface area contributed by atoms with Crippen LogP contribution in [0.1, 0.15) is 18.3 Å². The highest BCUT2D eigenvalue weighted by Gasteiger charge is 2.35. The Morgan fingerprint density at radius 2 is 2.08 bits per heavy atom. The summed E-state index contributed by atoms with van der Waals surface area (Å²) in [6, 6.07) is 5.54. The van der Waals surface area contributed by atoms with E-state index in [1.807, 2.05) is 0 Å². The molecule has 0 unspecified atom stereocenters. The quantitative estimate of drug-likeness (QED) is 0.859. The molecule has 136 valence electrons. The Kier molecular flexibility index (Phi) is 5.66. The van der Waals surface area contributed by atoms with Gasteiger partial charge >= 0.3 is 6.18 Å². The number of carbonyl (C=O) groups excluding carboxylic acids is 1. The lowest BCUT2D eigenvalue weighted by Gasteiger charge is -2.16. The van der Waals surface area contributed by atoms with Gasteiger partial charge in [-0.1, -0.05) is 13.0 Å². The molecule has 0 fully saturated rings. The van der Waals surface area contributed by atoms with E-state index in [9.17, 15) is 22.8 Å². The standard InChI is InChI=1S/C16H19F3N4O2/c1-11(9-23-13(16(17,18)19)7-12(2)21-23)8-20-14(24)10-22-6-4-3-5-15(22)25/h3-7,11H,8-10H2,1-2H3,(H,20,24)/t11-/m0/s1. The van der Waals surface area contributed by atoms with Crippen LogP contribution >= 0.6 is 0 Å². The fourth-order valence-corrected chi connectivity index (χ4v) is 2.36. The summed E-state index contributed by atoms with van der Waals surface area (Å²) in [7, 11) is 0. The second-order valence-electron chi connectivity index (χ2n) is 5.93. The number of pyridine rings is 1. The molecule has 0 bridgehead atoms. The number of aryl methyl sites for hydroxylation is 1. The molecular weight excluding hydrogens is 337 g/mol. The van der Waals surface area contributed by atoms with E-state index in [0.717, 1.165) is 10.7 Å². The van der Waals surface area contributed by atoms with Crippen molar-refractivity contribution in [1.82, 2.24) is 19.7 Å². The molecule has 0 aliphatic heterocycles. The van der Waals surface area contributed by atoms with E-state index in [1.54, 1.807) is 19.1 Å². The zero-order chi connectivity index (χ0) is 18.6. The third-order valence-corrected chi connectivity index (χ3v) is 3.54. The third kappa shape index (κ3) is 5.20. The Bertz CT molecular complexity index is 795. The Morgan fingerprint density at radius 3 is 2.72 bits per heavy atom. The molecule has 1 N–H and O–H groups in total. The summed E-state index contributed by atoms with van der Waals surface area (Å²) in [6.07, 6.45) is -2.98. The second kappa shape index (κ2) is 7.54. The molecular formula is C16H19F3N4O2. The van der Waals surface area contributed by atoms with Crippen LogP contribution in [0.5, 0.6) is 0 Å². The molecule has 9 heteroatoms. The van der Waals surface area contributed by atoms with Gasteiger partial charge in [-0.2, -0.15) is 18.3 Å². The zero-order valence-corrected chi connectivity index (χ0v) is 13.9. The van der Waals surface area contributed by atoms with Crippen molar-refractivity contribution >= 4 is 5.91 Å². The Balaban J connectivity index is 1.91. The predicted molar refractivity (Wildman–Crippen MR) is 84.8 cm³/mol. The van der Waals surface area contributed by atoms with Crippen molar-refractivity contribution in [3.8, 4) is 0 Å². The molecule has 0 saturated carbocycles. The molecule has 0 aliphatic rings. The normalized spacial score (nSPS) is 12.8. The maximum absolute atomic E-state index is 12.9. The van der Waals surface area contributed by atoms with Crippen LogP contribution in [-0.4, -0.2) is 26.8 Å². The SMILES string of the molecule is Cc1cc(C(F)(F)F)n(C[C@@H](C)CNC(=O)Cn2ccccc2=O)n1. The maximum Gasteiger partial charge on any atom is 0.433 e. The molecule has 2 aromatic heterocycles. The minimum atomic E-state index is -4.47. The van der Waals surface area contributed by atoms with E-state index in [-0.39, 0.29) is 42.7 Å². The van der Waals surface area contributed by atoms with Gasteiger partial charge in [0, 0.05) is 25.4 Å². The molecule has 1 atom stereocenters. The molecule has 1 amide bonds. The van der Waals surface area contributed by atoms with Crippen molar-refractivity contribution in [3.63, 3.8) is 0 Å². The number of alkyl halides is 3. The van der Waals surface area contributed by atoms with Crippen LogP contribution in [0.2, 0.25) is 0 Å². The van der Waals surface area contributed by atoms with Gasteiger partial charge in [-0.15, -0.1) is 0 Å². The first-order chi connectivity index (χ1) is 11.7. The van der Waals surface area contributed by atoms with Crippen molar-refractivity contribution in [2.75, 3.05) is 6.54 Å². The molecule has 2 aromatic rings. The van der Waals surface area contributed by atoms with Gasteiger partial charge in [0.1, 0.15) is 12.2 Å². The molecule has 6 nitrogen and oxygen atoms in total. The Morgan fingerprint density at radius 1 is 1.36 bits per heavy atom.